The van der Waals surface area contributed by atoms with Gasteiger partial charge in [-0.15, -0.1) is 0 Å². The summed E-state index contributed by atoms with van der Waals surface area (Å²) in [6.07, 6.45) is 4.72. The first-order valence-corrected chi connectivity index (χ1v) is 11.7. The van der Waals surface area contributed by atoms with Gasteiger partial charge < -0.3 is 19.1 Å². The molecule has 0 bridgehead atoms. The topological polar surface area (TPSA) is 71.4 Å². The van der Waals surface area contributed by atoms with E-state index in [9.17, 15) is 4.79 Å². The molecule has 1 aliphatic heterocycles. The molecule has 2 aliphatic rings. The highest BCUT2D eigenvalue weighted by molar-refractivity contribution is 5.94. The van der Waals surface area contributed by atoms with Gasteiger partial charge in [-0.1, -0.05) is 29.4 Å². The van der Waals surface area contributed by atoms with Crippen LogP contribution in [0.4, 0.5) is 0 Å². The summed E-state index contributed by atoms with van der Waals surface area (Å²) in [6, 6.07) is 14.3. The molecule has 6 nitrogen and oxygen atoms in total. The number of nitrogens with zero attached hydrogens (tertiary/aromatic N) is 2. The van der Waals surface area contributed by atoms with Crippen LogP contribution < -0.4 is 4.74 Å². The Morgan fingerprint density at radius 3 is 2.82 bits per heavy atom. The van der Waals surface area contributed by atoms with E-state index in [0.717, 1.165) is 71.4 Å². The lowest BCUT2D eigenvalue weighted by Crippen LogP contribution is -2.41. The lowest BCUT2D eigenvalue weighted by atomic mass is 9.90. The SMILES string of the molecule is COc1ccc([C@@H]2c3[nH]c4ccccc4c3CCN2C(=O)c2onc3c2CCCC3)cc1C. The molecule has 2 aromatic carbocycles. The van der Waals surface area contributed by atoms with Crippen molar-refractivity contribution < 1.29 is 14.1 Å². The molecule has 6 heteroatoms. The number of H-pyrrole nitrogens is 1. The van der Waals surface area contributed by atoms with E-state index in [1.165, 1.54) is 10.9 Å². The van der Waals surface area contributed by atoms with Crippen molar-refractivity contribution in [3.63, 3.8) is 0 Å². The Labute approximate surface area is 192 Å². The van der Waals surface area contributed by atoms with Gasteiger partial charge in [0, 0.05) is 28.7 Å². The first-order chi connectivity index (χ1) is 16.2. The van der Waals surface area contributed by atoms with Crippen molar-refractivity contribution in [3.8, 4) is 5.75 Å². The van der Waals surface area contributed by atoms with E-state index in [1.807, 2.05) is 24.0 Å². The fourth-order valence-electron chi connectivity index (χ4n) is 5.57. The molecule has 1 N–H and O–H groups in total. The summed E-state index contributed by atoms with van der Waals surface area (Å²) >= 11 is 0. The van der Waals surface area contributed by atoms with Crippen LogP contribution in [-0.2, 0) is 19.3 Å². The summed E-state index contributed by atoms with van der Waals surface area (Å²) < 4.78 is 11.1. The number of hydrogen-bond acceptors (Lipinski definition) is 4. The fourth-order valence-corrected chi connectivity index (χ4v) is 5.57. The standard InChI is InChI=1S/C27H27N3O3/c1-16-15-17(11-12-23(16)32-2)25-24-19(18-7-3-5-9-21(18)28-24)13-14-30(25)27(31)26-20-8-4-6-10-22(20)29-33-26/h3,5,7,9,11-12,15,25,28H,4,6,8,10,13-14H2,1-2H3/t25-/m1/s1. The molecule has 4 aromatic rings. The van der Waals surface area contributed by atoms with Crippen LogP contribution in [0.5, 0.6) is 5.75 Å². The number of aromatic nitrogens is 2. The van der Waals surface area contributed by atoms with Gasteiger partial charge in [0.25, 0.3) is 5.91 Å². The molecule has 0 radical (unpaired) electrons. The molecule has 0 spiro atoms. The fraction of sp³-hybridized carbons (Fsp3) is 0.333. The average Bonchev–Trinajstić information content (AvgIpc) is 3.44. The second-order valence-corrected chi connectivity index (χ2v) is 9.09. The Kier molecular flexibility index (Phi) is 4.75. The minimum Gasteiger partial charge on any atom is -0.496 e. The number of fused-ring (bicyclic) bond motifs is 4. The van der Waals surface area contributed by atoms with Gasteiger partial charge in [0.05, 0.1) is 18.8 Å². The van der Waals surface area contributed by atoms with Crippen LogP contribution in [0.25, 0.3) is 10.9 Å². The molecule has 0 saturated carbocycles. The Morgan fingerprint density at radius 2 is 1.97 bits per heavy atom. The van der Waals surface area contributed by atoms with Crippen LogP contribution in [0.1, 0.15) is 63.1 Å². The van der Waals surface area contributed by atoms with Gasteiger partial charge in [0.15, 0.2) is 0 Å². The Hall–Kier alpha value is -3.54. The second-order valence-electron chi connectivity index (χ2n) is 9.09. The normalized spacial score (nSPS) is 17.6. The van der Waals surface area contributed by atoms with Crippen molar-refractivity contribution in [1.29, 1.82) is 0 Å². The molecule has 1 aliphatic carbocycles. The zero-order valence-corrected chi connectivity index (χ0v) is 19.0. The number of carbonyl (C=O) groups is 1. The lowest BCUT2D eigenvalue weighted by molar-refractivity contribution is 0.0647. The molecular formula is C27H27N3O3. The van der Waals surface area contributed by atoms with Crippen molar-refractivity contribution in [1.82, 2.24) is 15.0 Å². The number of carbonyl (C=O) groups excluding carboxylic acids is 1. The molecule has 168 valence electrons. The van der Waals surface area contributed by atoms with E-state index in [-0.39, 0.29) is 11.9 Å². The third kappa shape index (κ3) is 3.16. The van der Waals surface area contributed by atoms with E-state index in [4.69, 9.17) is 9.26 Å². The van der Waals surface area contributed by atoms with E-state index < -0.39 is 0 Å². The Bertz CT molecular complexity index is 1370. The zero-order valence-electron chi connectivity index (χ0n) is 19.0. The van der Waals surface area contributed by atoms with Crippen molar-refractivity contribution in [2.45, 2.75) is 45.1 Å². The van der Waals surface area contributed by atoms with Crippen LogP contribution in [0.3, 0.4) is 0 Å². The highest BCUT2D eigenvalue weighted by Gasteiger charge is 2.38. The lowest BCUT2D eigenvalue weighted by Gasteiger charge is -2.36. The first-order valence-electron chi connectivity index (χ1n) is 11.7. The number of para-hydroxylation sites is 1. The summed E-state index contributed by atoms with van der Waals surface area (Å²) in [5, 5.41) is 5.47. The Balaban J connectivity index is 1.49. The van der Waals surface area contributed by atoms with Crippen molar-refractivity contribution >= 4 is 16.8 Å². The number of hydrogen-bond donors (Lipinski definition) is 1. The van der Waals surface area contributed by atoms with Crippen molar-refractivity contribution in [2.75, 3.05) is 13.7 Å². The molecule has 1 amide bonds. The maximum absolute atomic E-state index is 13.9. The maximum Gasteiger partial charge on any atom is 0.293 e. The van der Waals surface area contributed by atoms with Crippen LogP contribution in [0.2, 0.25) is 0 Å². The largest absolute Gasteiger partial charge is 0.496 e. The van der Waals surface area contributed by atoms with Crippen molar-refractivity contribution in [3.05, 3.63) is 81.9 Å². The van der Waals surface area contributed by atoms with Crippen LogP contribution in [0.15, 0.2) is 47.0 Å². The molecule has 33 heavy (non-hydrogen) atoms. The number of benzene rings is 2. The van der Waals surface area contributed by atoms with E-state index in [1.54, 1.807) is 7.11 Å². The number of methoxy groups -OCH3 is 1. The number of aromatic amines is 1. The van der Waals surface area contributed by atoms with Crippen LogP contribution in [-0.4, -0.2) is 34.6 Å². The molecule has 0 unspecified atom stereocenters. The van der Waals surface area contributed by atoms with Gasteiger partial charge in [-0.3, -0.25) is 4.79 Å². The Morgan fingerprint density at radius 1 is 1.12 bits per heavy atom. The molecule has 0 saturated heterocycles. The van der Waals surface area contributed by atoms with E-state index >= 15 is 0 Å². The zero-order chi connectivity index (χ0) is 22.5. The van der Waals surface area contributed by atoms with E-state index in [2.05, 4.69) is 40.5 Å². The second kappa shape index (κ2) is 7.80. The predicted molar refractivity (Wildman–Crippen MR) is 126 cm³/mol. The van der Waals surface area contributed by atoms with Gasteiger partial charge in [0.1, 0.15) is 5.75 Å². The summed E-state index contributed by atoms with van der Waals surface area (Å²) in [7, 11) is 1.68. The maximum atomic E-state index is 13.9. The molecule has 0 fully saturated rings. The van der Waals surface area contributed by atoms with Crippen LogP contribution in [0, 0.1) is 6.92 Å². The highest BCUT2D eigenvalue weighted by atomic mass is 16.5. The monoisotopic (exact) mass is 441 g/mol. The number of amides is 1. The van der Waals surface area contributed by atoms with Gasteiger partial charge in [-0.25, -0.2) is 0 Å². The summed E-state index contributed by atoms with van der Waals surface area (Å²) in [5.74, 6) is 1.18. The predicted octanol–water partition coefficient (Wildman–Crippen LogP) is 5.14. The van der Waals surface area contributed by atoms with Gasteiger partial charge in [-0.2, -0.15) is 0 Å². The van der Waals surface area contributed by atoms with Crippen LogP contribution >= 0.6 is 0 Å². The molecule has 3 heterocycles. The number of rotatable bonds is 3. The summed E-state index contributed by atoms with van der Waals surface area (Å²) in [4.78, 5) is 19.5. The summed E-state index contributed by atoms with van der Waals surface area (Å²) in [6.45, 7) is 2.66. The molecular weight excluding hydrogens is 414 g/mol. The minimum absolute atomic E-state index is 0.0755. The van der Waals surface area contributed by atoms with Gasteiger partial charge in [0.2, 0.25) is 5.76 Å². The van der Waals surface area contributed by atoms with E-state index in [0.29, 0.717) is 12.3 Å². The molecule has 2 aromatic heterocycles. The third-order valence-corrected chi connectivity index (χ3v) is 7.18. The average molecular weight is 442 g/mol. The summed E-state index contributed by atoms with van der Waals surface area (Å²) in [5.41, 5.74) is 7.51. The van der Waals surface area contributed by atoms with Gasteiger partial charge in [-0.05, 0) is 73.9 Å². The van der Waals surface area contributed by atoms with Crippen molar-refractivity contribution in [2.24, 2.45) is 0 Å². The molecule has 6 rings (SSSR count). The molecule has 1 atom stereocenters. The highest BCUT2D eigenvalue weighted by Crippen LogP contribution is 2.40. The minimum atomic E-state index is -0.234. The number of nitrogens with one attached hydrogen (secondary N) is 1. The first kappa shape index (κ1) is 20.1. The number of ether oxygens (including phenoxy) is 1. The quantitative estimate of drug-likeness (QED) is 0.478. The third-order valence-electron chi connectivity index (χ3n) is 7.18. The number of aryl methyl sites for hydroxylation is 2. The van der Waals surface area contributed by atoms with Gasteiger partial charge >= 0.3 is 0 Å². The smallest absolute Gasteiger partial charge is 0.293 e.